The molecule has 3 aromatic rings. The van der Waals surface area contributed by atoms with E-state index in [1.807, 2.05) is 53.3 Å². The van der Waals surface area contributed by atoms with Crippen LogP contribution in [0.3, 0.4) is 0 Å². The molecule has 0 saturated heterocycles. The lowest BCUT2D eigenvalue weighted by Gasteiger charge is -2.26. The predicted molar refractivity (Wildman–Crippen MR) is 100 cm³/mol. The van der Waals surface area contributed by atoms with Crippen molar-refractivity contribution in [1.29, 1.82) is 0 Å². The zero-order valence-electron chi connectivity index (χ0n) is 13.0. The molecule has 2 aromatic heterocycles. The van der Waals surface area contributed by atoms with Crippen molar-refractivity contribution < 1.29 is 8.78 Å². The number of thiophene rings is 2. The molecule has 0 radical (unpaired) electrons. The average molecular weight is 372 g/mol. The second-order valence-corrected chi connectivity index (χ2v) is 7.47. The van der Waals surface area contributed by atoms with Crippen LogP contribution in [-0.2, 0) is 0 Å². The van der Waals surface area contributed by atoms with Gasteiger partial charge in [0.2, 0.25) is 0 Å². The van der Waals surface area contributed by atoms with Gasteiger partial charge < -0.3 is 0 Å². The fourth-order valence-electron chi connectivity index (χ4n) is 2.70. The summed E-state index contributed by atoms with van der Waals surface area (Å²) in [6, 6.07) is 11.5. The average Bonchev–Trinajstić information content (AvgIpc) is 3.34. The number of benzene rings is 1. The van der Waals surface area contributed by atoms with Gasteiger partial charge in [-0.05, 0) is 53.3 Å². The molecule has 1 aromatic carbocycles. The standard InChI is InChI=1S/C19H14F2N2S2/c20-13-5-8-17(16(21)11-13)23-18(19-4-2-10-25-19)12-14(22-23)6-7-15-3-1-9-24-15/h1-12,18,22H/b7-6+/t18-/m1/s1. The van der Waals surface area contributed by atoms with Crippen LogP contribution < -0.4 is 10.4 Å². The van der Waals surface area contributed by atoms with Crippen molar-refractivity contribution in [2.75, 3.05) is 5.01 Å². The van der Waals surface area contributed by atoms with E-state index in [2.05, 4.69) is 5.43 Å². The summed E-state index contributed by atoms with van der Waals surface area (Å²) < 4.78 is 27.6. The van der Waals surface area contributed by atoms with E-state index < -0.39 is 11.6 Å². The molecule has 25 heavy (non-hydrogen) atoms. The van der Waals surface area contributed by atoms with Crippen LogP contribution in [0.4, 0.5) is 14.5 Å². The lowest BCUT2D eigenvalue weighted by Crippen LogP contribution is -2.34. The molecule has 1 atom stereocenters. The number of hydrogen-bond acceptors (Lipinski definition) is 4. The zero-order valence-corrected chi connectivity index (χ0v) is 14.7. The molecular formula is C19H14F2N2S2. The maximum Gasteiger partial charge on any atom is 0.151 e. The van der Waals surface area contributed by atoms with Crippen molar-refractivity contribution in [3.8, 4) is 0 Å². The van der Waals surface area contributed by atoms with Gasteiger partial charge in [-0.2, -0.15) is 0 Å². The molecule has 0 unspecified atom stereocenters. The van der Waals surface area contributed by atoms with Gasteiger partial charge in [0.1, 0.15) is 11.9 Å². The Hall–Kier alpha value is -2.44. The lowest BCUT2D eigenvalue weighted by molar-refractivity contribution is 0.571. The van der Waals surface area contributed by atoms with Crippen LogP contribution in [0.15, 0.2) is 71.1 Å². The van der Waals surface area contributed by atoms with Crippen molar-refractivity contribution in [3.05, 3.63) is 92.5 Å². The molecule has 0 amide bonds. The number of hydrazine groups is 1. The van der Waals surface area contributed by atoms with Crippen LogP contribution in [0.2, 0.25) is 0 Å². The Balaban J connectivity index is 1.67. The third kappa shape index (κ3) is 3.36. The molecule has 3 heterocycles. The molecular weight excluding hydrogens is 358 g/mol. The summed E-state index contributed by atoms with van der Waals surface area (Å²) >= 11 is 3.25. The van der Waals surface area contributed by atoms with E-state index in [0.29, 0.717) is 5.69 Å². The molecule has 4 rings (SSSR count). The van der Waals surface area contributed by atoms with E-state index in [1.54, 1.807) is 27.7 Å². The van der Waals surface area contributed by atoms with Crippen molar-refractivity contribution in [1.82, 2.24) is 5.43 Å². The molecule has 1 aliphatic heterocycles. The first-order valence-electron chi connectivity index (χ1n) is 7.68. The van der Waals surface area contributed by atoms with Gasteiger partial charge in [0.05, 0.1) is 11.4 Å². The van der Waals surface area contributed by atoms with Crippen molar-refractivity contribution in [3.63, 3.8) is 0 Å². The summed E-state index contributed by atoms with van der Waals surface area (Å²) in [5.41, 5.74) is 4.41. The van der Waals surface area contributed by atoms with E-state index in [1.165, 1.54) is 12.1 Å². The smallest absolute Gasteiger partial charge is 0.151 e. The SMILES string of the molecule is Fc1ccc(N2NC(/C=C/c3cccs3)=C[C@@H]2c2cccs2)c(F)c1. The molecule has 0 bridgehead atoms. The topological polar surface area (TPSA) is 15.3 Å². The maximum atomic E-state index is 14.3. The number of nitrogens with zero attached hydrogens (tertiary/aromatic N) is 1. The van der Waals surface area contributed by atoms with Crippen LogP contribution in [0.1, 0.15) is 15.8 Å². The fourth-order valence-corrected chi connectivity index (χ4v) is 4.10. The third-order valence-corrected chi connectivity index (χ3v) is 5.62. The van der Waals surface area contributed by atoms with Gasteiger partial charge in [0, 0.05) is 15.8 Å². The molecule has 126 valence electrons. The highest BCUT2D eigenvalue weighted by molar-refractivity contribution is 7.10. The van der Waals surface area contributed by atoms with Gasteiger partial charge in [-0.25, -0.2) is 8.78 Å². The summed E-state index contributed by atoms with van der Waals surface area (Å²) in [6.07, 6.45) is 6.02. The van der Waals surface area contributed by atoms with E-state index >= 15 is 0 Å². The van der Waals surface area contributed by atoms with Gasteiger partial charge >= 0.3 is 0 Å². The third-order valence-electron chi connectivity index (χ3n) is 3.84. The first-order chi connectivity index (χ1) is 12.2. The second kappa shape index (κ2) is 6.82. The van der Waals surface area contributed by atoms with E-state index in [4.69, 9.17) is 0 Å². The molecule has 0 saturated carbocycles. The molecule has 0 fully saturated rings. The van der Waals surface area contributed by atoms with Gasteiger partial charge in [-0.1, -0.05) is 12.1 Å². The van der Waals surface area contributed by atoms with Gasteiger partial charge in [-0.3, -0.25) is 10.4 Å². The van der Waals surface area contributed by atoms with Crippen LogP contribution in [0.5, 0.6) is 0 Å². The number of rotatable bonds is 4. The minimum Gasteiger partial charge on any atom is -0.298 e. The molecule has 0 aliphatic carbocycles. The van der Waals surface area contributed by atoms with E-state index in [-0.39, 0.29) is 6.04 Å². The first-order valence-corrected chi connectivity index (χ1v) is 9.44. The minimum absolute atomic E-state index is 0.150. The van der Waals surface area contributed by atoms with E-state index in [0.717, 1.165) is 21.5 Å². The monoisotopic (exact) mass is 372 g/mol. The van der Waals surface area contributed by atoms with Crippen molar-refractivity contribution >= 4 is 34.4 Å². The summed E-state index contributed by atoms with van der Waals surface area (Å²) in [7, 11) is 0. The number of nitrogens with one attached hydrogen (secondary N) is 1. The Bertz CT molecular complexity index is 915. The minimum atomic E-state index is -0.592. The normalized spacial score (nSPS) is 17.1. The maximum absolute atomic E-state index is 14.3. The Kier molecular flexibility index (Phi) is 4.38. The number of halogens is 2. The Labute approximate surface area is 152 Å². The highest BCUT2D eigenvalue weighted by atomic mass is 32.1. The van der Waals surface area contributed by atoms with E-state index in [9.17, 15) is 8.78 Å². The predicted octanol–water partition coefficient (Wildman–Crippen LogP) is 5.75. The lowest BCUT2D eigenvalue weighted by atomic mass is 10.2. The molecule has 1 N–H and O–H groups in total. The second-order valence-electron chi connectivity index (χ2n) is 5.51. The van der Waals surface area contributed by atoms with Crippen molar-refractivity contribution in [2.45, 2.75) is 6.04 Å². The number of anilines is 1. The fraction of sp³-hybridized carbons (Fsp3) is 0.0526. The number of allylic oxidation sites excluding steroid dienone is 1. The van der Waals surface area contributed by atoms with Gasteiger partial charge in [0.15, 0.2) is 5.82 Å². The van der Waals surface area contributed by atoms with Crippen LogP contribution in [0.25, 0.3) is 6.08 Å². The zero-order chi connectivity index (χ0) is 17.2. The van der Waals surface area contributed by atoms with Crippen molar-refractivity contribution in [2.24, 2.45) is 0 Å². The van der Waals surface area contributed by atoms with Crippen LogP contribution >= 0.6 is 22.7 Å². The largest absolute Gasteiger partial charge is 0.298 e. The summed E-state index contributed by atoms with van der Waals surface area (Å²) in [6.45, 7) is 0. The van der Waals surface area contributed by atoms with Gasteiger partial charge in [-0.15, -0.1) is 22.7 Å². The quantitative estimate of drug-likeness (QED) is 0.627. The summed E-state index contributed by atoms with van der Waals surface area (Å²) in [5.74, 6) is -1.18. The Morgan fingerprint density at radius 1 is 1.00 bits per heavy atom. The van der Waals surface area contributed by atoms with Crippen LogP contribution in [0, 0.1) is 11.6 Å². The first kappa shape index (κ1) is 16.1. The van der Waals surface area contributed by atoms with Gasteiger partial charge in [0.25, 0.3) is 0 Å². The van der Waals surface area contributed by atoms with Crippen LogP contribution in [-0.4, -0.2) is 0 Å². The number of hydrogen-bond donors (Lipinski definition) is 1. The molecule has 6 heteroatoms. The Morgan fingerprint density at radius 3 is 2.56 bits per heavy atom. The highest BCUT2D eigenvalue weighted by Crippen LogP contribution is 2.36. The Morgan fingerprint density at radius 2 is 1.84 bits per heavy atom. The highest BCUT2D eigenvalue weighted by Gasteiger charge is 2.28. The summed E-state index contributed by atoms with van der Waals surface area (Å²) in [4.78, 5) is 2.22. The molecule has 2 nitrogen and oxygen atoms in total. The summed E-state index contributed by atoms with van der Waals surface area (Å²) in [5, 5.41) is 5.74. The molecule has 1 aliphatic rings. The molecule has 0 spiro atoms.